The molecule has 1 aromatic heterocycles. The summed E-state index contributed by atoms with van der Waals surface area (Å²) in [5, 5.41) is 2.90. The maximum atomic E-state index is 12.0. The fraction of sp³-hybridized carbons (Fsp3) is 0.368. The number of morpholine rings is 1. The molecule has 0 bridgehead atoms. The second kappa shape index (κ2) is 8.48. The van der Waals surface area contributed by atoms with Crippen LogP contribution in [0.1, 0.15) is 12.0 Å². The molecule has 1 aromatic carbocycles. The lowest BCUT2D eigenvalue weighted by Gasteiger charge is -2.28. The van der Waals surface area contributed by atoms with Crippen molar-refractivity contribution in [1.29, 1.82) is 0 Å². The molecule has 1 amide bonds. The molecule has 1 aliphatic heterocycles. The number of rotatable bonds is 6. The molecular formula is C19H23N3O3. The molecule has 0 atom stereocenters. The summed E-state index contributed by atoms with van der Waals surface area (Å²) in [6.07, 6.45) is 1.98. The number of hydrogen-bond acceptors (Lipinski definition) is 4. The Morgan fingerprint density at radius 3 is 2.56 bits per heavy atom. The van der Waals surface area contributed by atoms with Crippen LogP contribution in [0.3, 0.4) is 0 Å². The van der Waals surface area contributed by atoms with E-state index in [-0.39, 0.29) is 17.9 Å². The molecule has 0 unspecified atom stereocenters. The van der Waals surface area contributed by atoms with E-state index in [1.165, 1.54) is 16.3 Å². The monoisotopic (exact) mass is 341 g/mol. The van der Waals surface area contributed by atoms with Gasteiger partial charge in [-0.15, -0.1) is 0 Å². The topological polar surface area (TPSA) is 63.6 Å². The minimum atomic E-state index is -0.0889. The molecule has 6 heteroatoms. The highest BCUT2D eigenvalue weighted by atomic mass is 16.5. The van der Waals surface area contributed by atoms with Gasteiger partial charge in [-0.2, -0.15) is 0 Å². The van der Waals surface area contributed by atoms with E-state index in [1.807, 2.05) is 12.1 Å². The van der Waals surface area contributed by atoms with Crippen LogP contribution in [-0.2, 0) is 22.6 Å². The van der Waals surface area contributed by atoms with Crippen LogP contribution in [0, 0.1) is 0 Å². The average molecular weight is 341 g/mol. The van der Waals surface area contributed by atoms with Crippen LogP contribution in [0.25, 0.3) is 0 Å². The van der Waals surface area contributed by atoms with Gasteiger partial charge in [0, 0.05) is 50.6 Å². The second-order valence-corrected chi connectivity index (χ2v) is 6.02. The molecule has 3 rings (SSSR count). The molecule has 1 saturated heterocycles. The minimum Gasteiger partial charge on any atom is -0.378 e. The predicted molar refractivity (Wildman–Crippen MR) is 96.6 cm³/mol. The number of ether oxygens (including phenoxy) is 1. The highest BCUT2D eigenvalue weighted by molar-refractivity contribution is 5.75. The Balaban J connectivity index is 1.45. The normalized spacial score (nSPS) is 14.3. The summed E-state index contributed by atoms with van der Waals surface area (Å²) >= 11 is 0. The van der Waals surface area contributed by atoms with Gasteiger partial charge in [-0.3, -0.25) is 9.59 Å². The number of nitrogens with one attached hydrogen (secondary N) is 1. The van der Waals surface area contributed by atoms with Gasteiger partial charge in [0.25, 0.3) is 5.56 Å². The van der Waals surface area contributed by atoms with E-state index in [4.69, 9.17) is 4.74 Å². The fourth-order valence-electron chi connectivity index (χ4n) is 2.80. The number of benzene rings is 1. The lowest BCUT2D eigenvalue weighted by Crippen LogP contribution is -2.36. The predicted octanol–water partition coefficient (Wildman–Crippen LogP) is 1.39. The van der Waals surface area contributed by atoms with Gasteiger partial charge in [-0.05, 0) is 23.8 Å². The second-order valence-electron chi connectivity index (χ2n) is 6.02. The van der Waals surface area contributed by atoms with Gasteiger partial charge in [0.15, 0.2) is 0 Å². The van der Waals surface area contributed by atoms with E-state index in [1.54, 1.807) is 18.3 Å². The zero-order valence-electron chi connectivity index (χ0n) is 14.2. The lowest BCUT2D eigenvalue weighted by atomic mass is 10.2. The van der Waals surface area contributed by atoms with Crippen LogP contribution < -0.4 is 15.8 Å². The van der Waals surface area contributed by atoms with Gasteiger partial charge in [-0.25, -0.2) is 0 Å². The summed E-state index contributed by atoms with van der Waals surface area (Å²) < 4.78 is 6.90. The Kier molecular flexibility index (Phi) is 5.85. The third-order valence-electron chi connectivity index (χ3n) is 4.28. The summed E-state index contributed by atoms with van der Waals surface area (Å²) in [5.74, 6) is -0.0620. The Hall–Kier alpha value is -2.60. The van der Waals surface area contributed by atoms with Crippen LogP contribution in [0.4, 0.5) is 5.69 Å². The third-order valence-corrected chi connectivity index (χ3v) is 4.28. The average Bonchev–Trinajstić information content (AvgIpc) is 2.67. The Morgan fingerprint density at radius 1 is 1.08 bits per heavy atom. The lowest BCUT2D eigenvalue weighted by molar-refractivity contribution is -0.121. The van der Waals surface area contributed by atoms with E-state index in [2.05, 4.69) is 22.3 Å². The number of carbonyl (C=O) groups excluding carboxylic acids is 1. The van der Waals surface area contributed by atoms with E-state index in [9.17, 15) is 9.59 Å². The van der Waals surface area contributed by atoms with Crippen molar-refractivity contribution in [2.24, 2.45) is 0 Å². The Bertz CT molecular complexity index is 749. The highest BCUT2D eigenvalue weighted by Crippen LogP contribution is 2.16. The van der Waals surface area contributed by atoms with Crippen LogP contribution in [0.5, 0.6) is 0 Å². The zero-order valence-corrected chi connectivity index (χ0v) is 14.2. The number of hydrogen-bond donors (Lipinski definition) is 1. The number of amides is 1. The van der Waals surface area contributed by atoms with E-state index >= 15 is 0 Å². The zero-order chi connectivity index (χ0) is 17.5. The number of carbonyl (C=O) groups is 1. The number of anilines is 1. The van der Waals surface area contributed by atoms with Crippen LogP contribution >= 0.6 is 0 Å². The molecule has 6 nitrogen and oxygen atoms in total. The summed E-state index contributed by atoms with van der Waals surface area (Å²) in [6, 6.07) is 13.2. The number of aromatic nitrogens is 1. The molecule has 0 spiro atoms. The van der Waals surface area contributed by atoms with Gasteiger partial charge < -0.3 is 19.5 Å². The molecule has 2 heterocycles. The van der Waals surface area contributed by atoms with Crippen molar-refractivity contribution in [3.05, 3.63) is 64.6 Å². The van der Waals surface area contributed by atoms with Crippen molar-refractivity contribution in [2.75, 3.05) is 31.2 Å². The summed E-state index contributed by atoms with van der Waals surface area (Å²) in [6.45, 7) is 4.24. The maximum absolute atomic E-state index is 12.0. The molecular weight excluding hydrogens is 318 g/mol. The standard InChI is InChI=1S/C19H23N3O3/c23-18(8-10-22-9-2-1-3-19(22)24)20-15-16-4-6-17(7-5-16)21-11-13-25-14-12-21/h1-7,9H,8,10-15H2,(H,20,23). The van der Waals surface area contributed by atoms with Crippen LogP contribution in [0.2, 0.25) is 0 Å². The largest absolute Gasteiger partial charge is 0.378 e. The van der Waals surface area contributed by atoms with Gasteiger partial charge >= 0.3 is 0 Å². The molecule has 0 aliphatic carbocycles. The first-order chi connectivity index (χ1) is 12.2. The summed E-state index contributed by atoms with van der Waals surface area (Å²) in [4.78, 5) is 25.9. The fourth-order valence-corrected chi connectivity index (χ4v) is 2.80. The van der Waals surface area contributed by atoms with E-state index in [0.717, 1.165) is 31.9 Å². The highest BCUT2D eigenvalue weighted by Gasteiger charge is 2.10. The van der Waals surface area contributed by atoms with Crippen molar-refractivity contribution in [3.63, 3.8) is 0 Å². The van der Waals surface area contributed by atoms with E-state index < -0.39 is 0 Å². The molecule has 1 N–H and O–H groups in total. The smallest absolute Gasteiger partial charge is 0.250 e. The van der Waals surface area contributed by atoms with Crippen molar-refractivity contribution >= 4 is 11.6 Å². The van der Waals surface area contributed by atoms with Gasteiger partial charge in [0.05, 0.1) is 13.2 Å². The number of pyridine rings is 1. The van der Waals surface area contributed by atoms with Crippen molar-refractivity contribution in [1.82, 2.24) is 9.88 Å². The Labute approximate surface area is 147 Å². The molecule has 1 fully saturated rings. The summed E-state index contributed by atoms with van der Waals surface area (Å²) in [5.41, 5.74) is 2.15. The first kappa shape index (κ1) is 17.2. The van der Waals surface area contributed by atoms with E-state index in [0.29, 0.717) is 13.1 Å². The van der Waals surface area contributed by atoms with Crippen LogP contribution in [-0.4, -0.2) is 36.8 Å². The summed E-state index contributed by atoms with van der Waals surface area (Å²) in [7, 11) is 0. The third kappa shape index (κ3) is 4.93. The maximum Gasteiger partial charge on any atom is 0.250 e. The van der Waals surface area contributed by atoms with Crippen LogP contribution in [0.15, 0.2) is 53.5 Å². The van der Waals surface area contributed by atoms with Gasteiger partial charge in [0.1, 0.15) is 0 Å². The van der Waals surface area contributed by atoms with Crippen molar-refractivity contribution in [3.8, 4) is 0 Å². The van der Waals surface area contributed by atoms with Gasteiger partial charge in [0.2, 0.25) is 5.91 Å². The van der Waals surface area contributed by atoms with Crippen molar-refractivity contribution in [2.45, 2.75) is 19.5 Å². The van der Waals surface area contributed by atoms with Gasteiger partial charge in [-0.1, -0.05) is 18.2 Å². The number of nitrogens with zero attached hydrogens (tertiary/aromatic N) is 2. The molecule has 0 radical (unpaired) electrons. The number of aryl methyl sites for hydroxylation is 1. The molecule has 0 saturated carbocycles. The quantitative estimate of drug-likeness (QED) is 0.862. The molecule has 1 aliphatic rings. The SMILES string of the molecule is O=C(CCn1ccccc1=O)NCc1ccc(N2CCOCC2)cc1. The molecule has 25 heavy (non-hydrogen) atoms. The Morgan fingerprint density at radius 2 is 1.84 bits per heavy atom. The first-order valence-corrected chi connectivity index (χ1v) is 8.56. The minimum absolute atomic E-state index is 0.0620. The molecule has 2 aromatic rings. The first-order valence-electron chi connectivity index (χ1n) is 8.56. The molecule has 132 valence electrons. The van der Waals surface area contributed by atoms with Crippen molar-refractivity contribution < 1.29 is 9.53 Å².